The highest BCUT2D eigenvalue weighted by atomic mass is 32.2. The van der Waals surface area contributed by atoms with E-state index in [1.807, 2.05) is 36.4 Å². The van der Waals surface area contributed by atoms with Crippen LogP contribution >= 0.6 is 0 Å². The van der Waals surface area contributed by atoms with Crippen LogP contribution < -0.4 is 5.32 Å². The molecule has 0 radical (unpaired) electrons. The standard InChI is InChI=1S/C23H23N5O4S/c1-27-15-18(33(30,31)28-10-12-32-13-11-28)14-21(27)23(29)24-17-8-6-16(7-9-17)22-25-19-4-2-3-5-20(19)26-22/h2-9,14-15H,10-13H2,1H3,(H,24,29)(H,25,26). The van der Waals surface area contributed by atoms with Gasteiger partial charge in [0, 0.05) is 37.6 Å². The van der Waals surface area contributed by atoms with Crippen LogP contribution in [0.15, 0.2) is 65.7 Å². The number of morpholine rings is 1. The summed E-state index contributed by atoms with van der Waals surface area (Å²) in [6, 6.07) is 16.5. The van der Waals surface area contributed by atoms with Gasteiger partial charge in [-0.2, -0.15) is 4.31 Å². The van der Waals surface area contributed by atoms with Gasteiger partial charge in [0.25, 0.3) is 5.91 Å². The number of nitrogens with one attached hydrogen (secondary N) is 2. The van der Waals surface area contributed by atoms with E-state index < -0.39 is 15.9 Å². The maximum absolute atomic E-state index is 12.9. The van der Waals surface area contributed by atoms with Crippen LogP contribution in [0.3, 0.4) is 0 Å². The molecule has 1 amide bonds. The monoisotopic (exact) mass is 465 g/mol. The van der Waals surface area contributed by atoms with Crippen LogP contribution in [-0.2, 0) is 21.8 Å². The van der Waals surface area contributed by atoms with Crippen LogP contribution in [0.1, 0.15) is 10.5 Å². The molecule has 1 aliphatic rings. The Morgan fingerprint density at radius 3 is 2.55 bits per heavy atom. The SMILES string of the molecule is Cn1cc(S(=O)(=O)N2CCOCC2)cc1C(=O)Nc1ccc(-c2nc3ccccc3[nH]2)cc1. The van der Waals surface area contributed by atoms with Gasteiger partial charge < -0.3 is 19.6 Å². The Balaban J connectivity index is 1.32. The quantitative estimate of drug-likeness (QED) is 0.471. The number of ether oxygens (including phenoxy) is 1. The van der Waals surface area contributed by atoms with Gasteiger partial charge in [-0.15, -0.1) is 0 Å². The molecule has 2 N–H and O–H groups in total. The number of hydrogen-bond acceptors (Lipinski definition) is 5. The minimum atomic E-state index is -3.68. The van der Waals surface area contributed by atoms with E-state index in [4.69, 9.17) is 4.74 Å². The molecule has 3 heterocycles. The van der Waals surface area contributed by atoms with Gasteiger partial charge in [-0.1, -0.05) is 12.1 Å². The molecular formula is C23H23N5O4S. The smallest absolute Gasteiger partial charge is 0.272 e. The van der Waals surface area contributed by atoms with Gasteiger partial charge in [0.1, 0.15) is 16.4 Å². The molecule has 1 fully saturated rings. The van der Waals surface area contributed by atoms with Crippen molar-refractivity contribution in [2.24, 2.45) is 7.05 Å². The zero-order chi connectivity index (χ0) is 23.0. The summed E-state index contributed by atoms with van der Waals surface area (Å²) in [6.45, 7) is 1.33. The number of anilines is 1. The first-order valence-corrected chi connectivity index (χ1v) is 12.0. The third-order valence-corrected chi connectivity index (χ3v) is 7.49. The van der Waals surface area contributed by atoms with Gasteiger partial charge >= 0.3 is 0 Å². The largest absolute Gasteiger partial charge is 0.379 e. The first kappa shape index (κ1) is 21.4. The van der Waals surface area contributed by atoms with Crippen LogP contribution in [-0.4, -0.2) is 59.5 Å². The number of fused-ring (bicyclic) bond motifs is 1. The van der Waals surface area contributed by atoms with Gasteiger partial charge in [-0.05, 0) is 42.5 Å². The fraction of sp³-hybridized carbons (Fsp3) is 0.217. The van der Waals surface area contributed by atoms with E-state index in [1.165, 1.54) is 21.1 Å². The van der Waals surface area contributed by atoms with Crippen molar-refractivity contribution in [3.63, 3.8) is 0 Å². The number of amides is 1. The average Bonchev–Trinajstić information content (AvgIpc) is 3.44. The number of aryl methyl sites for hydroxylation is 1. The second kappa shape index (κ2) is 8.47. The molecule has 4 aromatic rings. The summed E-state index contributed by atoms with van der Waals surface area (Å²) in [6.07, 6.45) is 1.46. The highest BCUT2D eigenvalue weighted by molar-refractivity contribution is 7.89. The highest BCUT2D eigenvalue weighted by Gasteiger charge is 2.28. The van der Waals surface area contributed by atoms with Gasteiger partial charge in [0.2, 0.25) is 10.0 Å². The molecule has 0 atom stereocenters. The summed E-state index contributed by atoms with van der Waals surface area (Å²) in [5, 5.41) is 2.83. The molecule has 9 nitrogen and oxygen atoms in total. The molecule has 1 aliphatic heterocycles. The number of carbonyl (C=O) groups excluding carboxylic acids is 1. The maximum atomic E-state index is 12.9. The average molecular weight is 466 g/mol. The Morgan fingerprint density at radius 1 is 1.09 bits per heavy atom. The van der Waals surface area contributed by atoms with Crippen LogP contribution in [0.2, 0.25) is 0 Å². The van der Waals surface area contributed by atoms with Gasteiger partial charge in [0.15, 0.2) is 0 Å². The van der Waals surface area contributed by atoms with Crippen LogP contribution in [0.4, 0.5) is 5.69 Å². The van der Waals surface area contributed by atoms with Crippen molar-refractivity contribution in [3.05, 3.63) is 66.5 Å². The normalized spacial score (nSPS) is 15.1. The van der Waals surface area contributed by atoms with Gasteiger partial charge in [-0.25, -0.2) is 13.4 Å². The number of rotatable bonds is 5. The summed E-state index contributed by atoms with van der Waals surface area (Å²) in [4.78, 5) is 20.8. The minimum absolute atomic E-state index is 0.0947. The van der Waals surface area contributed by atoms with E-state index in [9.17, 15) is 13.2 Å². The summed E-state index contributed by atoms with van der Waals surface area (Å²) < 4.78 is 33.9. The first-order valence-electron chi connectivity index (χ1n) is 10.5. The molecule has 33 heavy (non-hydrogen) atoms. The fourth-order valence-corrected chi connectivity index (χ4v) is 5.31. The van der Waals surface area contributed by atoms with E-state index in [0.29, 0.717) is 32.0 Å². The zero-order valence-electron chi connectivity index (χ0n) is 18.0. The topological polar surface area (TPSA) is 109 Å². The molecule has 0 spiro atoms. The van der Waals surface area contributed by atoms with E-state index in [2.05, 4.69) is 15.3 Å². The number of nitrogens with zero attached hydrogens (tertiary/aromatic N) is 3. The van der Waals surface area contributed by atoms with Crippen molar-refractivity contribution in [3.8, 4) is 11.4 Å². The van der Waals surface area contributed by atoms with E-state index in [-0.39, 0.29) is 10.6 Å². The second-order valence-electron chi connectivity index (χ2n) is 7.82. The summed E-state index contributed by atoms with van der Waals surface area (Å²) in [7, 11) is -2.02. The maximum Gasteiger partial charge on any atom is 0.272 e. The van der Waals surface area contributed by atoms with Gasteiger partial charge in [0.05, 0.1) is 24.2 Å². The first-order chi connectivity index (χ1) is 15.9. The number of sulfonamides is 1. The summed E-state index contributed by atoms with van der Waals surface area (Å²) >= 11 is 0. The molecule has 10 heteroatoms. The number of aromatic amines is 1. The van der Waals surface area contributed by atoms with Crippen LogP contribution in [0.5, 0.6) is 0 Å². The zero-order valence-corrected chi connectivity index (χ0v) is 18.8. The van der Waals surface area contributed by atoms with E-state index in [0.717, 1.165) is 22.4 Å². The minimum Gasteiger partial charge on any atom is -0.379 e. The predicted octanol–water partition coefficient (Wildman–Crippen LogP) is 2.84. The van der Waals surface area contributed by atoms with Crippen molar-refractivity contribution < 1.29 is 17.9 Å². The Morgan fingerprint density at radius 2 is 1.82 bits per heavy atom. The lowest BCUT2D eigenvalue weighted by Gasteiger charge is -2.25. The Kier molecular flexibility index (Phi) is 5.49. The van der Waals surface area contributed by atoms with Crippen LogP contribution in [0.25, 0.3) is 22.4 Å². The van der Waals surface area contributed by atoms with Crippen molar-refractivity contribution in [1.29, 1.82) is 0 Å². The molecule has 2 aromatic heterocycles. The summed E-state index contributed by atoms with van der Waals surface area (Å²) in [5.41, 5.74) is 3.58. The lowest BCUT2D eigenvalue weighted by atomic mass is 10.2. The molecule has 0 aliphatic carbocycles. The number of carbonyl (C=O) groups is 1. The number of aromatic nitrogens is 3. The number of H-pyrrole nitrogens is 1. The number of benzene rings is 2. The van der Waals surface area contributed by atoms with Crippen molar-refractivity contribution in [2.75, 3.05) is 31.6 Å². The third-order valence-electron chi connectivity index (χ3n) is 5.63. The van der Waals surface area contributed by atoms with Gasteiger partial charge in [-0.3, -0.25) is 4.79 Å². The summed E-state index contributed by atoms with van der Waals surface area (Å²) in [5.74, 6) is 0.354. The lowest BCUT2D eigenvalue weighted by molar-refractivity contribution is 0.0730. The van der Waals surface area contributed by atoms with Crippen LogP contribution in [0, 0.1) is 0 Å². The molecule has 0 bridgehead atoms. The number of para-hydroxylation sites is 2. The number of hydrogen-bond donors (Lipinski definition) is 2. The van der Waals surface area contributed by atoms with E-state index in [1.54, 1.807) is 19.2 Å². The van der Waals surface area contributed by atoms with Crippen molar-refractivity contribution in [1.82, 2.24) is 18.8 Å². The molecule has 170 valence electrons. The van der Waals surface area contributed by atoms with Crippen molar-refractivity contribution >= 4 is 32.7 Å². The molecule has 0 saturated carbocycles. The third kappa shape index (κ3) is 4.15. The highest BCUT2D eigenvalue weighted by Crippen LogP contribution is 2.23. The Bertz CT molecular complexity index is 1380. The van der Waals surface area contributed by atoms with E-state index >= 15 is 0 Å². The van der Waals surface area contributed by atoms with Crippen molar-refractivity contribution in [2.45, 2.75) is 4.90 Å². The molecule has 1 saturated heterocycles. The fourth-order valence-electron chi connectivity index (χ4n) is 3.83. The molecule has 5 rings (SSSR count). The molecule has 2 aromatic carbocycles. The Hall–Kier alpha value is -3.47. The number of imidazole rings is 1. The Labute approximate surface area is 191 Å². The second-order valence-corrected chi connectivity index (χ2v) is 9.76. The molecule has 0 unspecified atom stereocenters. The predicted molar refractivity (Wildman–Crippen MR) is 124 cm³/mol. The molecular weight excluding hydrogens is 442 g/mol. The lowest BCUT2D eigenvalue weighted by Crippen LogP contribution is -2.40.